The molecule has 1 fully saturated rings. The number of benzene rings is 1. The highest BCUT2D eigenvalue weighted by Crippen LogP contribution is 2.30. The standard InChI is InChI=1S/C20H21N3O2S2/c24-18(21-14-8-4-5-9-14)12-26-11-17-22-19(25)15-10-16(27-20(15)23-17)13-6-2-1-3-7-13/h1-3,6-7,10,14H,4-5,8-9,11-12H2,(H,21,24)(H,22,23,25). The summed E-state index contributed by atoms with van der Waals surface area (Å²) < 4.78 is 0. The highest BCUT2D eigenvalue weighted by molar-refractivity contribution is 7.99. The van der Waals surface area contributed by atoms with Crippen molar-refractivity contribution in [3.05, 3.63) is 52.6 Å². The molecule has 1 amide bonds. The summed E-state index contributed by atoms with van der Waals surface area (Å²) in [6.45, 7) is 0. The Labute approximate surface area is 165 Å². The second kappa shape index (κ2) is 8.27. The fourth-order valence-electron chi connectivity index (χ4n) is 3.37. The summed E-state index contributed by atoms with van der Waals surface area (Å²) >= 11 is 3.00. The molecule has 0 atom stereocenters. The van der Waals surface area contributed by atoms with Crippen molar-refractivity contribution in [3.63, 3.8) is 0 Å². The molecule has 1 aliphatic carbocycles. The van der Waals surface area contributed by atoms with Gasteiger partial charge in [-0.15, -0.1) is 23.1 Å². The molecular weight excluding hydrogens is 378 g/mol. The van der Waals surface area contributed by atoms with E-state index >= 15 is 0 Å². The summed E-state index contributed by atoms with van der Waals surface area (Å²) in [7, 11) is 0. The fraction of sp³-hybridized carbons (Fsp3) is 0.350. The first-order chi connectivity index (χ1) is 13.2. The van der Waals surface area contributed by atoms with Crippen LogP contribution in [0.1, 0.15) is 31.5 Å². The van der Waals surface area contributed by atoms with Crippen LogP contribution in [0.5, 0.6) is 0 Å². The van der Waals surface area contributed by atoms with Gasteiger partial charge >= 0.3 is 0 Å². The number of carbonyl (C=O) groups excluding carboxylic acids is 1. The fourth-order valence-corrected chi connectivity index (χ4v) is 5.13. The van der Waals surface area contributed by atoms with Crippen LogP contribution in [0.15, 0.2) is 41.2 Å². The van der Waals surface area contributed by atoms with Crippen molar-refractivity contribution in [2.24, 2.45) is 0 Å². The normalized spacial score (nSPS) is 14.7. The van der Waals surface area contributed by atoms with Crippen LogP contribution >= 0.6 is 23.1 Å². The molecule has 1 saturated carbocycles. The molecule has 3 aromatic rings. The Bertz CT molecular complexity index is 991. The molecule has 0 bridgehead atoms. The average Bonchev–Trinajstić information content (AvgIpc) is 3.32. The molecule has 5 nitrogen and oxygen atoms in total. The van der Waals surface area contributed by atoms with Crippen LogP contribution in [0.4, 0.5) is 0 Å². The minimum absolute atomic E-state index is 0.0674. The SMILES string of the molecule is O=C(CSCc1nc2sc(-c3ccccc3)cc2c(=O)[nH]1)NC1CCCC1. The molecule has 2 heterocycles. The summed E-state index contributed by atoms with van der Waals surface area (Å²) in [5.41, 5.74) is 0.962. The molecule has 140 valence electrons. The van der Waals surface area contributed by atoms with E-state index in [1.54, 1.807) is 0 Å². The van der Waals surface area contributed by atoms with Crippen molar-refractivity contribution in [3.8, 4) is 10.4 Å². The van der Waals surface area contributed by atoms with Crippen LogP contribution in [0, 0.1) is 0 Å². The highest BCUT2D eigenvalue weighted by Gasteiger charge is 2.17. The van der Waals surface area contributed by atoms with Crippen LogP contribution in [0.25, 0.3) is 20.7 Å². The average molecular weight is 400 g/mol. The van der Waals surface area contributed by atoms with Crippen molar-refractivity contribution in [2.75, 3.05) is 5.75 Å². The van der Waals surface area contributed by atoms with Crippen LogP contribution in [-0.4, -0.2) is 27.7 Å². The van der Waals surface area contributed by atoms with Crippen LogP contribution in [0.3, 0.4) is 0 Å². The molecular formula is C20H21N3O2S2. The highest BCUT2D eigenvalue weighted by atomic mass is 32.2. The second-order valence-corrected chi connectivity index (χ2v) is 8.77. The molecule has 4 rings (SSSR count). The minimum atomic E-state index is -0.121. The first-order valence-corrected chi connectivity index (χ1v) is 11.1. The van der Waals surface area contributed by atoms with Crippen LogP contribution in [0.2, 0.25) is 0 Å². The molecule has 27 heavy (non-hydrogen) atoms. The first-order valence-electron chi connectivity index (χ1n) is 9.14. The summed E-state index contributed by atoms with van der Waals surface area (Å²) in [5, 5.41) is 3.69. The maximum atomic E-state index is 12.4. The number of rotatable bonds is 6. The number of thiophene rings is 1. The van der Waals surface area contributed by atoms with Crippen LogP contribution in [-0.2, 0) is 10.5 Å². The van der Waals surface area contributed by atoms with Gasteiger partial charge in [0.1, 0.15) is 10.7 Å². The largest absolute Gasteiger partial charge is 0.353 e. The number of nitrogens with zero attached hydrogens (tertiary/aromatic N) is 1. The van der Waals surface area contributed by atoms with E-state index in [1.165, 1.54) is 35.9 Å². The summed E-state index contributed by atoms with van der Waals surface area (Å²) in [5.74, 6) is 1.59. The third-order valence-electron chi connectivity index (χ3n) is 4.70. The predicted molar refractivity (Wildman–Crippen MR) is 112 cm³/mol. The van der Waals surface area contributed by atoms with E-state index < -0.39 is 0 Å². The molecule has 0 spiro atoms. The summed E-state index contributed by atoms with van der Waals surface area (Å²) in [6.07, 6.45) is 4.58. The van der Waals surface area contributed by atoms with Crippen molar-refractivity contribution >= 4 is 39.2 Å². The number of aromatic amines is 1. The number of H-pyrrole nitrogens is 1. The number of carbonyl (C=O) groups is 1. The van der Waals surface area contributed by atoms with Gasteiger partial charge < -0.3 is 10.3 Å². The zero-order valence-electron chi connectivity index (χ0n) is 14.9. The molecule has 1 aromatic carbocycles. The molecule has 0 saturated heterocycles. The Morgan fingerprint density at radius 1 is 1.26 bits per heavy atom. The Morgan fingerprint density at radius 2 is 2.04 bits per heavy atom. The monoisotopic (exact) mass is 399 g/mol. The van der Waals surface area contributed by atoms with Gasteiger partial charge in [0, 0.05) is 10.9 Å². The molecule has 0 unspecified atom stereocenters. The van der Waals surface area contributed by atoms with Gasteiger partial charge in [0.2, 0.25) is 5.91 Å². The number of hydrogen-bond acceptors (Lipinski definition) is 5. The van der Waals surface area contributed by atoms with E-state index in [1.807, 2.05) is 36.4 Å². The van der Waals surface area contributed by atoms with Gasteiger partial charge in [-0.25, -0.2) is 4.98 Å². The third kappa shape index (κ3) is 4.42. The lowest BCUT2D eigenvalue weighted by molar-refractivity contribution is -0.119. The van der Waals surface area contributed by atoms with Crippen LogP contribution < -0.4 is 10.9 Å². The predicted octanol–water partition coefficient (Wildman–Crippen LogP) is 3.94. The van der Waals surface area contributed by atoms with Gasteiger partial charge in [-0.2, -0.15) is 0 Å². The number of nitrogens with one attached hydrogen (secondary N) is 2. The van der Waals surface area contributed by atoms with Gasteiger partial charge in [-0.1, -0.05) is 43.2 Å². The topological polar surface area (TPSA) is 74.8 Å². The van der Waals surface area contributed by atoms with Gasteiger partial charge in [0.15, 0.2) is 0 Å². The van der Waals surface area contributed by atoms with E-state index in [0.717, 1.165) is 28.1 Å². The first kappa shape index (κ1) is 18.3. The Morgan fingerprint density at radius 3 is 2.81 bits per heavy atom. The number of hydrogen-bond donors (Lipinski definition) is 2. The lowest BCUT2D eigenvalue weighted by atomic mass is 10.2. The Hall–Kier alpha value is -2.12. The van der Waals surface area contributed by atoms with Gasteiger partial charge in [0.05, 0.1) is 16.9 Å². The summed E-state index contributed by atoms with van der Waals surface area (Å²) in [6, 6.07) is 12.2. The number of amides is 1. The molecule has 0 radical (unpaired) electrons. The van der Waals surface area contributed by atoms with Crippen molar-refractivity contribution in [2.45, 2.75) is 37.5 Å². The van der Waals surface area contributed by atoms with Gasteiger partial charge in [-0.3, -0.25) is 9.59 Å². The number of aromatic nitrogens is 2. The van der Waals surface area contributed by atoms with Crippen molar-refractivity contribution in [1.29, 1.82) is 0 Å². The van der Waals surface area contributed by atoms with E-state index in [9.17, 15) is 9.59 Å². The van der Waals surface area contributed by atoms with Crippen molar-refractivity contribution < 1.29 is 4.79 Å². The summed E-state index contributed by atoms with van der Waals surface area (Å²) in [4.78, 5) is 33.6. The number of fused-ring (bicyclic) bond motifs is 1. The lowest BCUT2D eigenvalue weighted by Crippen LogP contribution is -2.33. The molecule has 0 aliphatic heterocycles. The maximum Gasteiger partial charge on any atom is 0.259 e. The van der Waals surface area contributed by atoms with Gasteiger partial charge in [-0.05, 0) is 24.5 Å². The van der Waals surface area contributed by atoms with Gasteiger partial charge in [0.25, 0.3) is 5.56 Å². The molecule has 2 N–H and O–H groups in total. The van der Waals surface area contributed by atoms with E-state index in [2.05, 4.69) is 15.3 Å². The third-order valence-corrected chi connectivity index (χ3v) is 6.72. The second-order valence-electron chi connectivity index (χ2n) is 6.75. The Kier molecular flexibility index (Phi) is 5.59. The molecule has 2 aromatic heterocycles. The zero-order chi connectivity index (χ0) is 18.6. The maximum absolute atomic E-state index is 12.4. The van der Waals surface area contributed by atoms with E-state index in [0.29, 0.717) is 28.8 Å². The minimum Gasteiger partial charge on any atom is -0.353 e. The van der Waals surface area contributed by atoms with E-state index in [4.69, 9.17) is 0 Å². The quantitative estimate of drug-likeness (QED) is 0.658. The zero-order valence-corrected chi connectivity index (χ0v) is 16.5. The molecule has 7 heteroatoms. The molecule has 1 aliphatic rings. The van der Waals surface area contributed by atoms with Crippen molar-refractivity contribution in [1.82, 2.24) is 15.3 Å². The Balaban J connectivity index is 1.42. The lowest BCUT2D eigenvalue weighted by Gasteiger charge is -2.11. The van der Waals surface area contributed by atoms with E-state index in [-0.39, 0.29) is 11.5 Å². The number of thioether (sulfide) groups is 1. The smallest absolute Gasteiger partial charge is 0.259 e.